The van der Waals surface area contributed by atoms with Crippen LogP contribution in [-0.4, -0.2) is 22.1 Å². The van der Waals surface area contributed by atoms with Crippen molar-refractivity contribution < 1.29 is 14.9 Å². The minimum Gasteiger partial charge on any atom is -0.465 e. The lowest BCUT2D eigenvalue weighted by molar-refractivity contribution is -0.000291. The predicted molar refractivity (Wildman–Crippen MR) is 88.2 cm³/mol. The standard InChI is InChI=1S/C10H18O.C8H10O2/c1-5-10(4,11)8-6-7-9(2)3;1-7(9)10-8-5-3-2-4-6-8/h5,7,11H,1,6,8H2,2-4H3;2-7,9H,1H3. The van der Waals surface area contributed by atoms with E-state index < -0.39 is 11.9 Å². The van der Waals surface area contributed by atoms with Gasteiger partial charge in [-0.25, -0.2) is 0 Å². The molecule has 0 aliphatic heterocycles. The van der Waals surface area contributed by atoms with E-state index >= 15 is 0 Å². The Morgan fingerprint density at radius 3 is 2.33 bits per heavy atom. The Balaban J connectivity index is 0.000000382. The van der Waals surface area contributed by atoms with Gasteiger partial charge in [-0.3, -0.25) is 0 Å². The zero-order valence-corrected chi connectivity index (χ0v) is 13.5. The Kier molecular flexibility index (Phi) is 9.42. The molecular weight excluding hydrogens is 264 g/mol. The van der Waals surface area contributed by atoms with Gasteiger partial charge in [-0.2, -0.15) is 0 Å². The van der Waals surface area contributed by atoms with E-state index in [2.05, 4.69) is 26.5 Å². The van der Waals surface area contributed by atoms with Gasteiger partial charge < -0.3 is 14.9 Å². The van der Waals surface area contributed by atoms with E-state index in [0.29, 0.717) is 5.75 Å². The van der Waals surface area contributed by atoms with E-state index in [0.717, 1.165) is 12.8 Å². The molecule has 21 heavy (non-hydrogen) atoms. The summed E-state index contributed by atoms with van der Waals surface area (Å²) >= 11 is 0. The summed E-state index contributed by atoms with van der Waals surface area (Å²) in [5.74, 6) is 0.692. The SMILES string of the molecule is C=CC(C)(O)CCC=C(C)C.CC(O)Oc1ccccc1. The van der Waals surface area contributed by atoms with E-state index in [1.165, 1.54) is 5.57 Å². The van der Waals surface area contributed by atoms with Gasteiger partial charge in [-0.05, 0) is 52.7 Å². The molecule has 0 spiro atoms. The molecule has 118 valence electrons. The van der Waals surface area contributed by atoms with Crippen LogP contribution in [0.5, 0.6) is 5.75 Å². The molecule has 1 aromatic carbocycles. The molecule has 1 aromatic rings. The third-order valence-corrected chi connectivity index (χ3v) is 2.69. The molecule has 3 heteroatoms. The summed E-state index contributed by atoms with van der Waals surface area (Å²) in [7, 11) is 0. The first-order chi connectivity index (χ1) is 9.76. The van der Waals surface area contributed by atoms with Crippen LogP contribution in [0.15, 0.2) is 54.6 Å². The number of ether oxygens (including phenoxy) is 1. The van der Waals surface area contributed by atoms with Crippen molar-refractivity contribution in [3.05, 3.63) is 54.6 Å². The molecular formula is C18H28O3. The lowest BCUT2D eigenvalue weighted by Crippen LogP contribution is -2.19. The number of rotatable bonds is 6. The fourth-order valence-corrected chi connectivity index (χ4v) is 1.45. The third kappa shape index (κ3) is 11.9. The van der Waals surface area contributed by atoms with Crippen LogP contribution in [0, 0.1) is 0 Å². The smallest absolute Gasteiger partial charge is 0.194 e. The van der Waals surface area contributed by atoms with Crippen LogP contribution < -0.4 is 4.74 Å². The highest BCUT2D eigenvalue weighted by Crippen LogP contribution is 2.13. The molecule has 0 fully saturated rings. The van der Waals surface area contributed by atoms with Crippen molar-refractivity contribution in [1.82, 2.24) is 0 Å². The molecule has 1 rings (SSSR count). The van der Waals surface area contributed by atoms with Crippen molar-refractivity contribution in [1.29, 1.82) is 0 Å². The van der Waals surface area contributed by atoms with E-state index in [1.54, 1.807) is 32.1 Å². The first-order valence-electron chi connectivity index (χ1n) is 7.16. The molecule has 0 aliphatic rings. The minimum atomic E-state index is -0.734. The second-order valence-corrected chi connectivity index (χ2v) is 5.41. The van der Waals surface area contributed by atoms with Crippen LogP contribution in [0.1, 0.15) is 40.5 Å². The average molecular weight is 292 g/mol. The molecule has 0 saturated carbocycles. The van der Waals surface area contributed by atoms with E-state index in [4.69, 9.17) is 9.84 Å². The van der Waals surface area contributed by atoms with Gasteiger partial charge in [0.15, 0.2) is 6.29 Å². The maximum absolute atomic E-state index is 9.49. The molecule has 0 aliphatic carbocycles. The molecule has 0 amide bonds. The zero-order valence-electron chi connectivity index (χ0n) is 13.5. The normalized spacial score (nSPS) is 14.0. The Labute approximate surface area is 128 Å². The van der Waals surface area contributed by atoms with Gasteiger partial charge in [0.1, 0.15) is 5.75 Å². The Hall–Kier alpha value is -1.58. The van der Waals surface area contributed by atoms with Crippen molar-refractivity contribution >= 4 is 0 Å². The number of allylic oxidation sites excluding steroid dienone is 2. The molecule has 2 atom stereocenters. The molecule has 2 N–H and O–H groups in total. The van der Waals surface area contributed by atoms with Crippen LogP contribution in [0.3, 0.4) is 0 Å². The van der Waals surface area contributed by atoms with Gasteiger partial charge in [0.2, 0.25) is 0 Å². The van der Waals surface area contributed by atoms with Crippen molar-refractivity contribution in [2.75, 3.05) is 0 Å². The number of hydrogen-bond donors (Lipinski definition) is 2. The van der Waals surface area contributed by atoms with Crippen LogP contribution in [0.4, 0.5) is 0 Å². The van der Waals surface area contributed by atoms with Gasteiger partial charge >= 0.3 is 0 Å². The number of para-hydroxylation sites is 1. The number of benzene rings is 1. The summed E-state index contributed by atoms with van der Waals surface area (Å²) in [6.07, 6.45) is 4.65. The lowest BCUT2D eigenvalue weighted by Gasteiger charge is -2.16. The summed E-state index contributed by atoms with van der Waals surface area (Å²) in [6, 6.07) is 9.21. The first-order valence-corrected chi connectivity index (χ1v) is 7.16. The summed E-state index contributed by atoms with van der Waals surface area (Å²) in [6.45, 7) is 11.0. The van der Waals surface area contributed by atoms with Crippen molar-refractivity contribution in [2.45, 2.75) is 52.4 Å². The molecule has 0 heterocycles. The number of aliphatic hydroxyl groups excluding tert-OH is 1. The maximum Gasteiger partial charge on any atom is 0.194 e. The Bertz CT molecular complexity index is 415. The van der Waals surface area contributed by atoms with Crippen LogP contribution >= 0.6 is 0 Å². The Morgan fingerprint density at radius 2 is 1.90 bits per heavy atom. The van der Waals surface area contributed by atoms with Gasteiger partial charge in [-0.15, -0.1) is 6.58 Å². The molecule has 0 aromatic heterocycles. The highest BCUT2D eigenvalue weighted by atomic mass is 16.6. The van der Waals surface area contributed by atoms with Crippen LogP contribution in [0.25, 0.3) is 0 Å². The van der Waals surface area contributed by atoms with Gasteiger partial charge in [0.25, 0.3) is 0 Å². The largest absolute Gasteiger partial charge is 0.465 e. The van der Waals surface area contributed by atoms with Gasteiger partial charge in [0.05, 0.1) is 5.60 Å². The molecule has 2 unspecified atom stereocenters. The fourth-order valence-electron chi connectivity index (χ4n) is 1.45. The van der Waals surface area contributed by atoms with Crippen LogP contribution in [-0.2, 0) is 0 Å². The van der Waals surface area contributed by atoms with E-state index in [-0.39, 0.29) is 0 Å². The van der Waals surface area contributed by atoms with Gasteiger partial charge in [-0.1, -0.05) is 35.9 Å². The van der Waals surface area contributed by atoms with Crippen molar-refractivity contribution in [3.8, 4) is 5.75 Å². The van der Waals surface area contributed by atoms with Crippen molar-refractivity contribution in [3.63, 3.8) is 0 Å². The first kappa shape index (κ1) is 19.4. The van der Waals surface area contributed by atoms with E-state index in [1.807, 2.05) is 18.2 Å². The third-order valence-electron chi connectivity index (χ3n) is 2.69. The molecule has 0 radical (unpaired) electrons. The summed E-state index contributed by atoms with van der Waals surface area (Å²) < 4.78 is 4.97. The summed E-state index contributed by atoms with van der Waals surface area (Å²) in [5.41, 5.74) is 0.594. The second kappa shape index (κ2) is 10.2. The monoisotopic (exact) mass is 292 g/mol. The highest BCUT2D eigenvalue weighted by Gasteiger charge is 2.12. The Morgan fingerprint density at radius 1 is 1.33 bits per heavy atom. The highest BCUT2D eigenvalue weighted by molar-refractivity contribution is 5.20. The zero-order chi connectivity index (χ0) is 16.3. The lowest BCUT2D eigenvalue weighted by atomic mass is 10.00. The van der Waals surface area contributed by atoms with Crippen molar-refractivity contribution in [2.24, 2.45) is 0 Å². The molecule has 0 bridgehead atoms. The number of aliphatic hydroxyl groups is 2. The topological polar surface area (TPSA) is 49.7 Å². The predicted octanol–water partition coefficient (Wildman–Crippen LogP) is 4.07. The molecule has 3 nitrogen and oxygen atoms in total. The van der Waals surface area contributed by atoms with E-state index in [9.17, 15) is 5.11 Å². The average Bonchev–Trinajstić information content (AvgIpc) is 2.39. The number of hydrogen-bond acceptors (Lipinski definition) is 3. The molecule has 0 saturated heterocycles. The summed E-state index contributed by atoms with van der Waals surface area (Å²) in [5, 5.41) is 18.3. The quantitative estimate of drug-likeness (QED) is 0.613. The fraction of sp³-hybridized carbons (Fsp3) is 0.444. The second-order valence-electron chi connectivity index (χ2n) is 5.41. The maximum atomic E-state index is 9.49. The van der Waals surface area contributed by atoms with Crippen LogP contribution in [0.2, 0.25) is 0 Å². The van der Waals surface area contributed by atoms with Gasteiger partial charge in [0, 0.05) is 0 Å². The minimum absolute atomic E-state index is 0.692. The summed E-state index contributed by atoms with van der Waals surface area (Å²) in [4.78, 5) is 0.